The minimum absolute atomic E-state index is 0.0322. The van der Waals surface area contributed by atoms with Crippen molar-refractivity contribution in [2.24, 2.45) is 11.8 Å². The van der Waals surface area contributed by atoms with Gasteiger partial charge in [0.15, 0.2) is 0 Å². The van der Waals surface area contributed by atoms with E-state index in [0.29, 0.717) is 0 Å². The summed E-state index contributed by atoms with van der Waals surface area (Å²) in [5.74, 6) is -3.26. The maximum atomic E-state index is 13.9. The first-order chi connectivity index (χ1) is 14.9. The average molecular weight is 478 g/mol. The van der Waals surface area contributed by atoms with E-state index in [9.17, 15) is 27.2 Å². The quantitative estimate of drug-likeness (QED) is 0.295. The van der Waals surface area contributed by atoms with Crippen LogP contribution in [-0.4, -0.2) is 25.0 Å². The van der Waals surface area contributed by atoms with Crippen LogP contribution in [0.5, 0.6) is 11.5 Å². The summed E-state index contributed by atoms with van der Waals surface area (Å²) < 4.78 is 64.6. The largest absolute Gasteiger partial charge is 0.573 e. The molecule has 1 atom stereocenters. The van der Waals surface area contributed by atoms with Crippen molar-refractivity contribution in [3.8, 4) is 11.5 Å². The van der Waals surface area contributed by atoms with E-state index >= 15 is 0 Å². The lowest BCUT2D eigenvalue weighted by atomic mass is 9.99. The fourth-order valence-corrected chi connectivity index (χ4v) is 2.48. The molecule has 2 rings (SSSR count). The Kier molecular flexibility index (Phi) is 8.31. The summed E-state index contributed by atoms with van der Waals surface area (Å²) in [6.07, 6.45) is -4.85. The third-order valence-electron chi connectivity index (χ3n) is 4.40. The first kappa shape index (κ1) is 25.3. The number of carbonyl (C=O) groups is 2. The highest BCUT2D eigenvalue weighted by atomic mass is 35.5. The normalized spacial score (nSPS) is 12.3. The van der Waals surface area contributed by atoms with Gasteiger partial charge in [-0.3, -0.25) is 9.59 Å². The number of ether oxygens (including phenoxy) is 3. The topological polar surface area (TPSA) is 73.9 Å². The summed E-state index contributed by atoms with van der Waals surface area (Å²) >= 11 is 5.76. The van der Waals surface area contributed by atoms with Gasteiger partial charge in [0.2, 0.25) is 6.79 Å². The highest BCUT2D eigenvalue weighted by molar-refractivity contribution is 6.31. The number of rotatable bonds is 8. The van der Waals surface area contributed by atoms with Crippen molar-refractivity contribution in [3.05, 3.63) is 52.8 Å². The van der Waals surface area contributed by atoms with Crippen LogP contribution in [0.25, 0.3) is 0 Å². The standard InChI is InChI=1S/C21H20ClF4NO5/c1-11(2)12(3)20(29)31-10-30-18-9-17(23)16(22)8-15(18)19(28)27-13-4-6-14(7-5-13)32-21(24,25)26/h4-9,11-12H,10H2,1-3H3,(H,27,28)/t12-/m0/s1. The summed E-state index contributed by atoms with van der Waals surface area (Å²) in [5.41, 5.74) is -0.0481. The second kappa shape index (κ2) is 10.5. The van der Waals surface area contributed by atoms with Gasteiger partial charge in [-0.2, -0.15) is 0 Å². The molecule has 0 radical (unpaired) electrons. The Balaban J connectivity index is 2.11. The molecular weight excluding hydrogens is 458 g/mol. The molecule has 0 spiro atoms. The molecule has 1 amide bonds. The van der Waals surface area contributed by atoms with Crippen molar-refractivity contribution in [3.63, 3.8) is 0 Å². The first-order valence-electron chi connectivity index (χ1n) is 9.33. The van der Waals surface area contributed by atoms with Gasteiger partial charge in [-0.1, -0.05) is 32.4 Å². The number of hydrogen-bond acceptors (Lipinski definition) is 5. The number of amides is 1. The van der Waals surface area contributed by atoms with Crippen LogP contribution in [-0.2, 0) is 9.53 Å². The minimum Gasteiger partial charge on any atom is -0.456 e. The van der Waals surface area contributed by atoms with E-state index in [1.54, 1.807) is 6.92 Å². The maximum Gasteiger partial charge on any atom is 0.573 e. The van der Waals surface area contributed by atoms with E-state index in [-0.39, 0.29) is 27.9 Å². The number of alkyl halides is 3. The van der Waals surface area contributed by atoms with Crippen LogP contribution in [0.3, 0.4) is 0 Å². The third-order valence-corrected chi connectivity index (χ3v) is 4.69. The molecule has 0 saturated heterocycles. The fraction of sp³-hybridized carbons (Fsp3) is 0.333. The van der Waals surface area contributed by atoms with Crippen molar-refractivity contribution in [2.75, 3.05) is 12.1 Å². The molecule has 0 aliphatic rings. The summed E-state index contributed by atoms with van der Waals surface area (Å²) in [5, 5.41) is 2.06. The molecule has 0 saturated carbocycles. The maximum absolute atomic E-state index is 13.9. The van der Waals surface area contributed by atoms with Crippen molar-refractivity contribution in [1.82, 2.24) is 0 Å². The molecule has 2 aromatic rings. The molecule has 32 heavy (non-hydrogen) atoms. The van der Waals surface area contributed by atoms with Gasteiger partial charge in [-0.25, -0.2) is 4.39 Å². The smallest absolute Gasteiger partial charge is 0.456 e. The highest BCUT2D eigenvalue weighted by Gasteiger charge is 2.31. The Labute approximate surface area is 186 Å². The van der Waals surface area contributed by atoms with Gasteiger partial charge >= 0.3 is 12.3 Å². The molecule has 0 heterocycles. The predicted octanol–water partition coefficient (Wildman–Crippen LogP) is 5.80. The minimum atomic E-state index is -4.85. The zero-order valence-electron chi connectivity index (χ0n) is 17.3. The number of esters is 1. The number of hydrogen-bond donors (Lipinski definition) is 1. The Morgan fingerprint density at radius 2 is 1.72 bits per heavy atom. The van der Waals surface area contributed by atoms with E-state index in [0.717, 1.165) is 24.3 Å². The number of anilines is 1. The molecular formula is C21H20ClF4NO5. The number of benzene rings is 2. The first-order valence-corrected chi connectivity index (χ1v) is 9.71. The fourth-order valence-electron chi connectivity index (χ4n) is 2.32. The molecule has 11 heteroatoms. The Morgan fingerprint density at radius 1 is 1.09 bits per heavy atom. The molecule has 0 aromatic heterocycles. The summed E-state index contributed by atoms with van der Waals surface area (Å²) in [6, 6.07) is 6.25. The second-order valence-corrected chi connectivity index (χ2v) is 7.45. The van der Waals surface area contributed by atoms with Crippen LogP contribution in [0, 0.1) is 17.7 Å². The van der Waals surface area contributed by atoms with Crippen LogP contribution < -0.4 is 14.8 Å². The van der Waals surface area contributed by atoms with Crippen LogP contribution >= 0.6 is 11.6 Å². The van der Waals surface area contributed by atoms with Crippen molar-refractivity contribution >= 4 is 29.2 Å². The van der Waals surface area contributed by atoms with Gasteiger partial charge in [0.1, 0.15) is 17.3 Å². The lowest BCUT2D eigenvalue weighted by Crippen LogP contribution is -2.22. The van der Waals surface area contributed by atoms with Crippen LogP contribution in [0.15, 0.2) is 36.4 Å². The lowest BCUT2D eigenvalue weighted by molar-refractivity contribution is -0.274. The van der Waals surface area contributed by atoms with Crippen molar-refractivity contribution < 1.29 is 41.4 Å². The molecule has 0 bridgehead atoms. The molecule has 174 valence electrons. The average Bonchev–Trinajstić information content (AvgIpc) is 2.69. The molecule has 0 aliphatic heterocycles. The summed E-state index contributed by atoms with van der Waals surface area (Å²) in [6.45, 7) is 4.79. The Hall–Kier alpha value is -3.01. The van der Waals surface area contributed by atoms with E-state index in [2.05, 4.69) is 10.1 Å². The van der Waals surface area contributed by atoms with Gasteiger partial charge in [0.05, 0.1) is 16.5 Å². The van der Waals surface area contributed by atoms with Gasteiger partial charge in [0.25, 0.3) is 5.91 Å². The molecule has 0 unspecified atom stereocenters. The van der Waals surface area contributed by atoms with E-state index < -0.39 is 42.5 Å². The van der Waals surface area contributed by atoms with Gasteiger partial charge < -0.3 is 19.5 Å². The zero-order valence-corrected chi connectivity index (χ0v) is 18.0. The Morgan fingerprint density at radius 3 is 2.28 bits per heavy atom. The molecule has 0 fully saturated rings. The highest BCUT2D eigenvalue weighted by Crippen LogP contribution is 2.28. The number of carbonyl (C=O) groups excluding carboxylic acids is 2. The van der Waals surface area contributed by atoms with E-state index in [1.807, 2.05) is 13.8 Å². The summed E-state index contributed by atoms with van der Waals surface area (Å²) in [4.78, 5) is 24.5. The molecule has 1 N–H and O–H groups in total. The third kappa shape index (κ3) is 7.30. The van der Waals surface area contributed by atoms with Crippen LogP contribution in [0.2, 0.25) is 5.02 Å². The Bertz CT molecular complexity index is 964. The lowest BCUT2D eigenvalue weighted by Gasteiger charge is -2.16. The van der Waals surface area contributed by atoms with Gasteiger partial charge in [0, 0.05) is 11.8 Å². The molecule has 2 aromatic carbocycles. The van der Waals surface area contributed by atoms with Crippen LogP contribution in [0.1, 0.15) is 31.1 Å². The van der Waals surface area contributed by atoms with Crippen molar-refractivity contribution in [2.45, 2.75) is 27.1 Å². The molecule has 0 aliphatic carbocycles. The van der Waals surface area contributed by atoms with Crippen LogP contribution in [0.4, 0.5) is 23.2 Å². The zero-order chi connectivity index (χ0) is 24.1. The predicted molar refractivity (Wildman–Crippen MR) is 108 cm³/mol. The van der Waals surface area contributed by atoms with Crippen molar-refractivity contribution in [1.29, 1.82) is 0 Å². The van der Waals surface area contributed by atoms with Gasteiger partial charge in [-0.05, 0) is 36.2 Å². The monoisotopic (exact) mass is 477 g/mol. The molecule has 6 nitrogen and oxygen atoms in total. The van der Waals surface area contributed by atoms with Gasteiger partial charge in [-0.15, -0.1) is 13.2 Å². The SMILES string of the molecule is CC(C)[C@H](C)C(=O)OCOc1cc(F)c(Cl)cc1C(=O)Nc1ccc(OC(F)(F)F)cc1. The van der Waals surface area contributed by atoms with E-state index in [1.165, 1.54) is 12.1 Å². The second-order valence-electron chi connectivity index (χ2n) is 7.05. The number of nitrogens with one attached hydrogen (secondary N) is 1. The summed E-state index contributed by atoms with van der Waals surface area (Å²) in [7, 11) is 0. The number of halogens is 5. The van der Waals surface area contributed by atoms with E-state index in [4.69, 9.17) is 21.1 Å².